The second-order valence-corrected chi connectivity index (χ2v) is 43.3. The van der Waals surface area contributed by atoms with E-state index < -0.39 is 79.4 Å². The van der Waals surface area contributed by atoms with Crippen LogP contribution < -0.4 is 24.2 Å². The molecule has 3 heterocycles. The van der Waals surface area contributed by atoms with Crippen molar-refractivity contribution in [3.8, 4) is 17.2 Å². The van der Waals surface area contributed by atoms with Gasteiger partial charge in [-0.1, -0.05) is 287 Å². The van der Waals surface area contributed by atoms with Gasteiger partial charge >= 0.3 is 24.0 Å². The molecule has 3 aliphatic heterocycles. The topological polar surface area (TPSA) is 294 Å². The smallest absolute Gasteiger partial charge is 0.410 e. The molecule has 18 rings (SSSR count). The fourth-order valence-electron chi connectivity index (χ4n) is 19.5. The number of esters is 2. The van der Waals surface area contributed by atoms with Crippen LogP contribution in [0.5, 0.6) is 17.2 Å². The summed E-state index contributed by atoms with van der Waals surface area (Å²) in [6, 6.07) is 88.3. The maximum absolute atomic E-state index is 14.6. The first-order valence-electron chi connectivity index (χ1n) is 50.5. The van der Waals surface area contributed by atoms with Crippen molar-refractivity contribution in [1.82, 2.24) is 13.5 Å². The first-order chi connectivity index (χ1) is 70.0. The summed E-state index contributed by atoms with van der Waals surface area (Å²) in [4.78, 5) is 101. The average Bonchev–Trinajstić information content (AvgIpc) is 0.752. The summed E-state index contributed by atoms with van der Waals surface area (Å²) in [6.07, 6.45) is 19.2. The van der Waals surface area contributed by atoms with E-state index in [1.54, 1.807) is 94.7 Å². The quantitative estimate of drug-likeness (QED) is 0.0292. The number of benzene rings is 12. The number of carbonyl (C=O) groups is 7. The lowest BCUT2D eigenvalue weighted by Crippen LogP contribution is -2.59. The van der Waals surface area contributed by atoms with Crippen LogP contribution >= 0.6 is 0 Å². The zero-order chi connectivity index (χ0) is 102. The van der Waals surface area contributed by atoms with Crippen molar-refractivity contribution in [3.63, 3.8) is 0 Å². The molecule has 3 atom stereocenters. The highest BCUT2D eigenvalue weighted by atomic mass is 32.2. The Labute approximate surface area is 851 Å². The Morgan fingerprint density at radius 2 is 0.655 bits per heavy atom. The van der Waals surface area contributed by atoms with Crippen LogP contribution in [0.3, 0.4) is 0 Å². The number of aryl methyl sites for hydroxylation is 2. The molecule has 3 saturated heterocycles. The third kappa shape index (κ3) is 26.6. The van der Waals surface area contributed by atoms with Crippen LogP contribution in [0.2, 0.25) is 0 Å². The second-order valence-electron chi connectivity index (χ2n) is 39.5. The van der Waals surface area contributed by atoms with Crippen LogP contribution in [0.1, 0.15) is 252 Å². The number of hydrogen-bond donors (Lipinski definition) is 2. The number of sulfonamides is 2. The predicted molar refractivity (Wildman–Crippen MR) is 559 cm³/mol. The number of phenols is 1. The SMILES string of the molecule is CC(C)(C)OC(=O)N1CC[C@@H]1C(=O)N(Cc1ccc(C2CCCCC2)cc1)c1ccc(C(=O)OCc2ccccc2)c(OCc2ccccc2)c1.Cc1ccc(S(=O)(=O)N2CC[C@@H]2C(=O)N(Cc2ccc(C3CCCCC3)cc2)c2ccc(C(=O)O)c(O)c2)cc1.Cc1ccc(S(=O)(=O)N2CC[C@@H]2C(=O)N(Cc2ccc(C3CCCCC3)cc2)c2ccc(C(=O)OCc3ccccc3)c(OCc3ccccc3)c2)cc1. The molecule has 0 bridgehead atoms. The second kappa shape index (κ2) is 48.1. The van der Waals surface area contributed by atoms with E-state index in [-0.39, 0.29) is 103 Å². The highest BCUT2D eigenvalue weighted by molar-refractivity contribution is 7.89. The molecule has 4 amide bonds. The number of likely N-dealkylation sites (tertiary alicyclic amines) is 1. The number of ether oxygens (including phenoxy) is 5. The van der Waals surface area contributed by atoms with Gasteiger partial charge in [-0.05, 0) is 226 Å². The number of anilines is 3. The van der Waals surface area contributed by atoms with E-state index in [1.165, 1.54) is 150 Å². The Hall–Kier alpha value is -14.1. The van der Waals surface area contributed by atoms with E-state index in [0.717, 1.165) is 50.1 Å². The van der Waals surface area contributed by atoms with Gasteiger partial charge in [-0.25, -0.2) is 36.0 Å². The van der Waals surface area contributed by atoms with Crippen LogP contribution in [-0.2, 0) is 94.7 Å². The first-order valence-corrected chi connectivity index (χ1v) is 53.4. The molecule has 0 spiro atoms. The standard InChI is InChI=1S/C45H46N2O6S.C43H48N2O6.C31H34N2O6S/c1-33-17-24-40(25-18-33)54(50,51)47-28-27-42(47)44(48)46(30-34-19-21-38(22-20-34)37-15-9-4-10-16-37)39-23-26-41(45(49)53-32-36-13-7-3-8-14-36)43(29-39)52-31-35-11-5-2-6-12-35;1-43(2,3)51-42(48)44-26-25-38(44)40(46)45(28-31-19-21-35(22-20-31)34-17-11-6-12-18-34)36-23-24-37(41(47)50-30-33-15-9-5-10-16-33)39(27-36)49-29-32-13-7-4-8-14-32;1-21-7-14-26(15-8-21)40(38,39)33-18-17-28(33)30(35)32(25-13-16-27(31(36)37)29(34)19-25)20-22-9-11-24(12-10-22)23-5-3-2-4-6-23/h2-3,5-8,11-14,17-26,29,37,42H,4,9-10,15-16,27-28,30-32H2,1H3;4-5,7-10,13-16,19-24,27,34,38H,6,11-12,17-18,25-26,28-30H2,1-3H3;7-16,19,23,28,34H,2-6,17-18,20H2,1H3,(H,36,37)/t42-;38-;28-/m111/s1. The van der Waals surface area contributed by atoms with Crippen LogP contribution in [0.25, 0.3) is 0 Å². The minimum absolute atomic E-state index is 0.0913. The molecule has 3 aliphatic carbocycles. The molecule has 145 heavy (non-hydrogen) atoms. The summed E-state index contributed by atoms with van der Waals surface area (Å²) in [6.45, 7) is 11.3. The Balaban J connectivity index is 0.000000158. The largest absolute Gasteiger partial charge is 0.507 e. The van der Waals surface area contributed by atoms with Gasteiger partial charge in [0.05, 0.1) is 29.4 Å². The Morgan fingerprint density at radius 3 is 0.952 bits per heavy atom. The molecule has 6 fully saturated rings. The summed E-state index contributed by atoms with van der Waals surface area (Å²) >= 11 is 0. The van der Waals surface area contributed by atoms with Gasteiger partial charge in [0.1, 0.15) is 84.1 Å². The van der Waals surface area contributed by atoms with Gasteiger partial charge in [0, 0.05) is 54.9 Å². The molecule has 12 aromatic carbocycles. The number of aromatic hydroxyl groups is 1. The minimum Gasteiger partial charge on any atom is -0.507 e. The highest BCUT2D eigenvalue weighted by Crippen LogP contribution is 2.42. The van der Waals surface area contributed by atoms with Crippen molar-refractivity contribution >= 4 is 78.8 Å². The van der Waals surface area contributed by atoms with Gasteiger partial charge in [0.25, 0.3) is 0 Å². The molecule has 12 aromatic rings. The van der Waals surface area contributed by atoms with E-state index >= 15 is 0 Å². The molecule has 3 saturated carbocycles. The third-order valence-corrected chi connectivity index (χ3v) is 31.9. The number of amides is 4. The summed E-state index contributed by atoms with van der Waals surface area (Å²) < 4.78 is 86.4. The lowest BCUT2D eigenvalue weighted by atomic mass is 9.84. The summed E-state index contributed by atoms with van der Waals surface area (Å²) in [5, 5.41) is 19.7. The van der Waals surface area contributed by atoms with E-state index in [9.17, 15) is 60.6 Å². The minimum atomic E-state index is -3.91. The number of rotatable bonds is 32. The van der Waals surface area contributed by atoms with Gasteiger partial charge in [-0.2, -0.15) is 8.61 Å². The number of carboxylic acids is 1. The van der Waals surface area contributed by atoms with Gasteiger partial charge < -0.3 is 48.6 Å². The van der Waals surface area contributed by atoms with Gasteiger partial charge in [0.15, 0.2) is 0 Å². The zero-order valence-corrected chi connectivity index (χ0v) is 84.6. The Kier molecular flexibility index (Phi) is 34.4. The number of carbonyl (C=O) groups excluding carboxylic acids is 6. The van der Waals surface area contributed by atoms with Crippen LogP contribution in [0, 0.1) is 13.8 Å². The number of carboxylic acid groups (broad SMARTS) is 1. The van der Waals surface area contributed by atoms with Gasteiger partial charge in [-0.3, -0.25) is 19.3 Å². The molecule has 24 nitrogen and oxygen atoms in total. The lowest BCUT2D eigenvalue weighted by Gasteiger charge is -2.42. The van der Waals surface area contributed by atoms with Crippen molar-refractivity contribution in [2.75, 3.05) is 34.3 Å². The van der Waals surface area contributed by atoms with E-state index in [4.69, 9.17) is 23.7 Å². The molecule has 6 aliphatic rings. The van der Waals surface area contributed by atoms with Crippen molar-refractivity contribution in [2.45, 2.75) is 248 Å². The van der Waals surface area contributed by atoms with E-state index in [2.05, 4.69) is 60.7 Å². The lowest BCUT2D eigenvalue weighted by molar-refractivity contribution is -0.128. The van der Waals surface area contributed by atoms with Gasteiger partial charge in [0.2, 0.25) is 37.8 Å². The van der Waals surface area contributed by atoms with Gasteiger partial charge in [-0.15, -0.1) is 0 Å². The molecule has 0 unspecified atom stereocenters. The Morgan fingerprint density at radius 1 is 0.345 bits per heavy atom. The fraction of sp³-hybridized carbons (Fsp3) is 0.336. The highest BCUT2D eigenvalue weighted by Gasteiger charge is 2.48. The van der Waals surface area contributed by atoms with Crippen LogP contribution in [0.15, 0.2) is 307 Å². The van der Waals surface area contributed by atoms with E-state index in [1.807, 2.05) is 168 Å². The van der Waals surface area contributed by atoms with Crippen molar-refractivity contribution in [3.05, 3.63) is 381 Å². The summed E-state index contributed by atoms with van der Waals surface area (Å²) in [7, 11) is -7.80. The average molecular weight is 1990 g/mol. The molecule has 0 aromatic heterocycles. The van der Waals surface area contributed by atoms with Crippen molar-refractivity contribution in [1.29, 1.82) is 0 Å². The molecule has 2 N–H and O–H groups in total. The predicted octanol–water partition coefficient (Wildman–Crippen LogP) is 23.6. The van der Waals surface area contributed by atoms with Crippen LogP contribution in [0.4, 0.5) is 21.9 Å². The normalized spacial score (nSPS) is 16.8. The third-order valence-electron chi connectivity index (χ3n) is 28.1. The monoisotopic (exact) mass is 1990 g/mol. The summed E-state index contributed by atoms with van der Waals surface area (Å²) in [5.74, 6) is -1.62. The van der Waals surface area contributed by atoms with Crippen LogP contribution in [-0.4, -0.2) is 126 Å². The molecular formula is C119H128N6O18S2. The maximum atomic E-state index is 14.6. The number of hydrogen-bond acceptors (Lipinski definition) is 17. The number of nitrogens with zero attached hydrogens (tertiary/aromatic N) is 6. The fourth-order valence-corrected chi connectivity index (χ4v) is 22.8. The zero-order valence-electron chi connectivity index (χ0n) is 83.0. The molecule has 754 valence electrons. The van der Waals surface area contributed by atoms with E-state index in [0.29, 0.717) is 66.4 Å². The molecule has 0 radical (unpaired) electrons. The first kappa shape index (κ1) is 104. The maximum Gasteiger partial charge on any atom is 0.410 e. The number of aromatic carboxylic acids is 1. The summed E-state index contributed by atoms with van der Waals surface area (Å²) in [5.41, 5.74) is 12.9. The Bertz CT molecular complexity index is 6700. The van der Waals surface area contributed by atoms with Crippen molar-refractivity contribution < 1.29 is 84.3 Å². The molecule has 26 heteroatoms. The molecular weight excluding hydrogens is 1870 g/mol. The van der Waals surface area contributed by atoms with Crippen molar-refractivity contribution in [2.24, 2.45) is 0 Å².